The van der Waals surface area contributed by atoms with Crippen LogP contribution in [0, 0.1) is 29.9 Å². The van der Waals surface area contributed by atoms with Gasteiger partial charge in [0, 0.05) is 6.54 Å². The molecule has 1 heterocycles. The topological polar surface area (TPSA) is 44.1 Å². The normalized spacial score (nSPS) is 19.1. The SMILES string of the molecule is Cc1ccc(F)c(C(=O)N2CCCCC2C#N)c1F. The highest BCUT2D eigenvalue weighted by Gasteiger charge is 2.31. The van der Waals surface area contributed by atoms with Crippen LogP contribution in [-0.2, 0) is 0 Å². The van der Waals surface area contributed by atoms with Gasteiger partial charge in [0.05, 0.1) is 6.07 Å². The summed E-state index contributed by atoms with van der Waals surface area (Å²) < 4.78 is 27.6. The van der Waals surface area contributed by atoms with Crippen LogP contribution in [0.25, 0.3) is 0 Å². The van der Waals surface area contributed by atoms with E-state index >= 15 is 0 Å². The number of hydrogen-bond acceptors (Lipinski definition) is 2. The smallest absolute Gasteiger partial charge is 0.260 e. The average Bonchev–Trinajstić information content (AvgIpc) is 2.43. The van der Waals surface area contributed by atoms with E-state index in [1.807, 2.05) is 6.07 Å². The molecule has 1 aliphatic heterocycles. The first kappa shape index (κ1) is 13.5. The summed E-state index contributed by atoms with van der Waals surface area (Å²) in [6.45, 7) is 1.84. The molecule has 0 radical (unpaired) electrons. The number of carbonyl (C=O) groups is 1. The number of nitriles is 1. The third kappa shape index (κ3) is 2.43. The third-order valence-corrected chi connectivity index (χ3v) is 3.41. The van der Waals surface area contributed by atoms with E-state index in [1.165, 1.54) is 17.9 Å². The van der Waals surface area contributed by atoms with Gasteiger partial charge in [0.15, 0.2) is 0 Å². The second-order valence-corrected chi connectivity index (χ2v) is 4.69. The van der Waals surface area contributed by atoms with Gasteiger partial charge in [0.25, 0.3) is 5.91 Å². The van der Waals surface area contributed by atoms with Gasteiger partial charge in [0.1, 0.15) is 23.2 Å². The highest BCUT2D eigenvalue weighted by atomic mass is 19.1. The van der Waals surface area contributed by atoms with E-state index in [1.54, 1.807) is 0 Å². The van der Waals surface area contributed by atoms with E-state index in [0.29, 0.717) is 13.0 Å². The first-order chi connectivity index (χ1) is 9.06. The van der Waals surface area contributed by atoms with Crippen LogP contribution < -0.4 is 0 Å². The zero-order valence-electron chi connectivity index (χ0n) is 10.6. The molecule has 0 aromatic heterocycles. The van der Waals surface area contributed by atoms with Crippen LogP contribution in [0.4, 0.5) is 8.78 Å². The Hall–Kier alpha value is -1.96. The molecule has 19 heavy (non-hydrogen) atoms. The lowest BCUT2D eigenvalue weighted by Crippen LogP contribution is -2.43. The van der Waals surface area contributed by atoms with Crippen molar-refractivity contribution >= 4 is 5.91 Å². The molecule has 1 amide bonds. The van der Waals surface area contributed by atoms with Gasteiger partial charge in [0.2, 0.25) is 0 Å². The number of aryl methyl sites for hydroxylation is 1. The van der Waals surface area contributed by atoms with E-state index in [9.17, 15) is 13.6 Å². The van der Waals surface area contributed by atoms with Crippen molar-refractivity contribution in [1.29, 1.82) is 5.26 Å². The number of hydrogen-bond donors (Lipinski definition) is 0. The van der Waals surface area contributed by atoms with Gasteiger partial charge in [-0.05, 0) is 37.8 Å². The van der Waals surface area contributed by atoms with E-state index < -0.39 is 29.1 Å². The molecule has 0 aliphatic carbocycles. The van der Waals surface area contributed by atoms with Crippen LogP contribution in [0.3, 0.4) is 0 Å². The quantitative estimate of drug-likeness (QED) is 0.782. The van der Waals surface area contributed by atoms with Crippen LogP contribution in [0.15, 0.2) is 12.1 Å². The van der Waals surface area contributed by atoms with Crippen LogP contribution in [0.2, 0.25) is 0 Å². The lowest BCUT2D eigenvalue weighted by Gasteiger charge is -2.31. The Labute approximate surface area is 110 Å². The number of halogens is 2. The summed E-state index contributed by atoms with van der Waals surface area (Å²) >= 11 is 0. The minimum atomic E-state index is -0.879. The maximum Gasteiger partial charge on any atom is 0.260 e. The number of likely N-dealkylation sites (tertiary alicyclic amines) is 1. The van der Waals surface area contributed by atoms with Crippen LogP contribution >= 0.6 is 0 Å². The Bertz CT molecular complexity index is 551. The first-order valence-electron chi connectivity index (χ1n) is 6.21. The molecular weight excluding hydrogens is 250 g/mol. The fraction of sp³-hybridized carbons (Fsp3) is 0.429. The highest BCUT2D eigenvalue weighted by molar-refractivity contribution is 5.95. The molecule has 0 spiro atoms. The molecule has 0 N–H and O–H groups in total. The molecule has 1 atom stereocenters. The number of amides is 1. The Balaban J connectivity index is 2.39. The molecule has 1 aliphatic rings. The van der Waals surface area contributed by atoms with Crippen molar-refractivity contribution in [2.75, 3.05) is 6.54 Å². The Morgan fingerprint density at radius 3 is 2.84 bits per heavy atom. The maximum atomic E-state index is 13.9. The minimum Gasteiger partial charge on any atom is -0.322 e. The third-order valence-electron chi connectivity index (χ3n) is 3.41. The van der Waals surface area contributed by atoms with Crippen molar-refractivity contribution in [1.82, 2.24) is 4.90 Å². The van der Waals surface area contributed by atoms with Gasteiger partial charge in [-0.1, -0.05) is 6.07 Å². The predicted molar refractivity (Wildman–Crippen MR) is 65.4 cm³/mol. The number of rotatable bonds is 1. The Morgan fingerprint density at radius 1 is 1.42 bits per heavy atom. The fourth-order valence-electron chi connectivity index (χ4n) is 2.31. The van der Waals surface area contributed by atoms with Crippen molar-refractivity contribution in [3.05, 3.63) is 34.9 Å². The van der Waals surface area contributed by atoms with Gasteiger partial charge >= 0.3 is 0 Å². The number of piperidine rings is 1. The summed E-state index contributed by atoms with van der Waals surface area (Å²) in [7, 11) is 0. The van der Waals surface area contributed by atoms with Crippen LogP contribution in [0.5, 0.6) is 0 Å². The van der Waals surface area contributed by atoms with E-state index in [-0.39, 0.29) is 5.56 Å². The summed E-state index contributed by atoms with van der Waals surface area (Å²) in [6, 6.07) is 3.79. The number of nitrogens with zero attached hydrogens (tertiary/aromatic N) is 2. The molecule has 1 aromatic rings. The summed E-state index contributed by atoms with van der Waals surface area (Å²) in [5.74, 6) is -2.45. The summed E-state index contributed by atoms with van der Waals surface area (Å²) in [5.41, 5.74) is -0.336. The van der Waals surface area contributed by atoms with E-state index in [4.69, 9.17) is 5.26 Å². The monoisotopic (exact) mass is 264 g/mol. The second kappa shape index (κ2) is 5.35. The van der Waals surface area contributed by atoms with Gasteiger partial charge in [-0.15, -0.1) is 0 Å². The van der Waals surface area contributed by atoms with Gasteiger partial charge in [-0.2, -0.15) is 5.26 Å². The van der Waals surface area contributed by atoms with Crippen molar-refractivity contribution in [2.45, 2.75) is 32.2 Å². The Kier molecular flexibility index (Phi) is 3.79. The van der Waals surface area contributed by atoms with Crippen molar-refractivity contribution < 1.29 is 13.6 Å². The lowest BCUT2D eigenvalue weighted by atomic mass is 10.0. The molecule has 0 bridgehead atoms. The van der Waals surface area contributed by atoms with E-state index in [0.717, 1.165) is 18.9 Å². The van der Waals surface area contributed by atoms with Crippen molar-refractivity contribution in [3.8, 4) is 6.07 Å². The molecule has 1 aromatic carbocycles. The van der Waals surface area contributed by atoms with Gasteiger partial charge in [-0.3, -0.25) is 4.79 Å². The standard InChI is InChI=1S/C14H14F2N2O/c1-9-5-6-11(15)12(13(9)16)14(19)18-7-3-2-4-10(18)8-17/h5-6,10H,2-4,7H2,1H3. The van der Waals surface area contributed by atoms with Gasteiger partial charge < -0.3 is 4.90 Å². The highest BCUT2D eigenvalue weighted by Crippen LogP contribution is 2.23. The number of benzene rings is 1. The molecule has 0 saturated carbocycles. The zero-order chi connectivity index (χ0) is 14.0. The number of carbonyl (C=O) groups excluding carboxylic acids is 1. The molecule has 100 valence electrons. The second-order valence-electron chi connectivity index (χ2n) is 4.69. The minimum absolute atomic E-state index is 0.218. The molecule has 1 unspecified atom stereocenters. The van der Waals surface area contributed by atoms with Crippen molar-refractivity contribution in [3.63, 3.8) is 0 Å². The summed E-state index contributed by atoms with van der Waals surface area (Å²) in [4.78, 5) is 13.5. The van der Waals surface area contributed by atoms with Crippen molar-refractivity contribution in [2.24, 2.45) is 0 Å². The molecule has 5 heteroatoms. The summed E-state index contributed by atoms with van der Waals surface area (Å²) in [5, 5.41) is 9.02. The maximum absolute atomic E-state index is 13.9. The molecule has 1 fully saturated rings. The first-order valence-corrected chi connectivity index (χ1v) is 6.21. The molecule has 3 nitrogen and oxygen atoms in total. The Morgan fingerprint density at radius 2 is 2.16 bits per heavy atom. The average molecular weight is 264 g/mol. The zero-order valence-corrected chi connectivity index (χ0v) is 10.6. The van der Waals surface area contributed by atoms with Crippen LogP contribution in [0.1, 0.15) is 35.2 Å². The largest absolute Gasteiger partial charge is 0.322 e. The lowest BCUT2D eigenvalue weighted by molar-refractivity contribution is 0.0660. The van der Waals surface area contributed by atoms with Gasteiger partial charge in [-0.25, -0.2) is 8.78 Å². The van der Waals surface area contributed by atoms with E-state index in [2.05, 4.69) is 0 Å². The molecule has 1 saturated heterocycles. The predicted octanol–water partition coefficient (Wildman–Crippen LogP) is 2.79. The summed E-state index contributed by atoms with van der Waals surface area (Å²) in [6.07, 6.45) is 2.15. The fourth-order valence-corrected chi connectivity index (χ4v) is 2.31. The molecular formula is C14H14F2N2O. The van der Waals surface area contributed by atoms with Crippen LogP contribution in [-0.4, -0.2) is 23.4 Å². The molecule has 2 rings (SSSR count).